The molecule has 2 aromatic carbocycles. The molecule has 2 saturated heterocycles. The van der Waals surface area contributed by atoms with Gasteiger partial charge in [-0.05, 0) is 133 Å². The molecule has 4 aliphatic rings. The van der Waals surface area contributed by atoms with Crippen LogP contribution in [0.1, 0.15) is 110 Å². The Kier molecular flexibility index (Phi) is 12.7. The molecule has 2 aliphatic carbocycles. The molecule has 7 atom stereocenters. The lowest BCUT2D eigenvalue weighted by atomic mass is 9.65. The van der Waals surface area contributed by atoms with E-state index in [1.54, 1.807) is 28.4 Å². The number of methoxy groups -OCH3 is 4. The molecule has 2 heterocycles. The summed E-state index contributed by atoms with van der Waals surface area (Å²) in [6.45, 7) is 13.4. The van der Waals surface area contributed by atoms with Gasteiger partial charge in [0.2, 0.25) is 0 Å². The third-order valence-electron chi connectivity index (χ3n) is 15.0. The van der Waals surface area contributed by atoms with Crippen molar-refractivity contribution in [1.29, 1.82) is 0 Å². The molecular weight excluding hydrogens is 733 g/mol. The number of carbonyl (C=O) groups excluding carboxylic acids is 2. The number of esters is 2. The zero-order chi connectivity index (χ0) is 42.2. The number of rotatable bonds is 15. The number of likely N-dealkylation sites (N-methyl/N-ethyl adjacent to an activating group) is 2. The summed E-state index contributed by atoms with van der Waals surface area (Å²) in [5.41, 5.74) is 0.609. The molecule has 10 nitrogen and oxygen atoms in total. The lowest BCUT2D eigenvalue weighted by Gasteiger charge is -2.42. The van der Waals surface area contributed by atoms with E-state index in [1.807, 2.05) is 26.0 Å². The minimum atomic E-state index is -0.769. The molecule has 2 fully saturated rings. The van der Waals surface area contributed by atoms with Gasteiger partial charge >= 0.3 is 11.9 Å². The molecule has 318 valence electrons. The summed E-state index contributed by atoms with van der Waals surface area (Å²) in [5, 5.41) is 0. The van der Waals surface area contributed by atoms with Crippen LogP contribution in [0.25, 0.3) is 0 Å². The highest BCUT2D eigenvalue weighted by Gasteiger charge is 2.57. The van der Waals surface area contributed by atoms with Crippen LogP contribution in [-0.2, 0) is 29.9 Å². The molecule has 0 N–H and O–H groups in total. The fourth-order valence-electron chi connectivity index (χ4n) is 10.8. The quantitative estimate of drug-likeness (QED) is 0.163. The highest BCUT2D eigenvalue weighted by atomic mass is 16.5. The fourth-order valence-corrected chi connectivity index (χ4v) is 10.8. The van der Waals surface area contributed by atoms with Crippen molar-refractivity contribution in [3.05, 3.63) is 71.2 Å². The van der Waals surface area contributed by atoms with Crippen molar-refractivity contribution in [2.24, 2.45) is 16.7 Å². The first-order chi connectivity index (χ1) is 27.6. The molecule has 0 spiro atoms. The Bertz CT molecular complexity index is 1910. The predicted octanol–water partition coefficient (Wildman–Crippen LogP) is 8.99. The van der Waals surface area contributed by atoms with Gasteiger partial charge in [-0.15, -0.1) is 0 Å². The molecule has 58 heavy (non-hydrogen) atoms. The third kappa shape index (κ3) is 7.53. The number of allylic oxidation sites excluding steroid dienone is 2. The van der Waals surface area contributed by atoms with Crippen molar-refractivity contribution in [3.8, 4) is 23.0 Å². The molecule has 0 radical (unpaired) electrons. The summed E-state index contributed by atoms with van der Waals surface area (Å²) in [4.78, 5) is 32.9. The maximum absolute atomic E-state index is 14.7. The summed E-state index contributed by atoms with van der Waals surface area (Å²) in [6.07, 6.45) is 11.4. The van der Waals surface area contributed by atoms with Gasteiger partial charge in [0.05, 0.1) is 39.3 Å². The Morgan fingerprint density at radius 3 is 1.79 bits per heavy atom. The standard InChI is InChI=1S/C48H68N2O8/c1-13-21-45(4,5)43(51)57-35-20-23-48(33-16-18-38(54-10)40(27-33)56-12)30-36(50(8)42(48)29-35)31(3)46(6,14-2)44(52)58-34-19-22-47(24-25-49(7)41(47)28-34)32-15-17-37(53-9)39(26-32)55-11/h15-18,26-29,31,36,41-42H,13-14,19-25,30H2,1-12H3. The van der Waals surface area contributed by atoms with Crippen LogP contribution in [-0.4, -0.2) is 88.9 Å². The number of carbonyl (C=O) groups is 2. The Morgan fingerprint density at radius 2 is 1.26 bits per heavy atom. The first-order valence-electron chi connectivity index (χ1n) is 21.3. The summed E-state index contributed by atoms with van der Waals surface area (Å²) in [6, 6.07) is 12.5. The van der Waals surface area contributed by atoms with Crippen LogP contribution in [0.3, 0.4) is 0 Å². The van der Waals surface area contributed by atoms with E-state index in [-0.39, 0.29) is 46.8 Å². The monoisotopic (exact) mass is 800 g/mol. The van der Waals surface area contributed by atoms with Crippen LogP contribution in [0, 0.1) is 16.7 Å². The lowest BCUT2D eigenvalue weighted by Crippen LogP contribution is -2.47. The lowest BCUT2D eigenvalue weighted by molar-refractivity contribution is -0.156. The van der Waals surface area contributed by atoms with Crippen LogP contribution in [0.15, 0.2) is 60.1 Å². The largest absolute Gasteiger partial charge is 0.493 e. The summed E-state index contributed by atoms with van der Waals surface area (Å²) >= 11 is 0. The second-order valence-electron chi connectivity index (χ2n) is 18.2. The van der Waals surface area contributed by atoms with Gasteiger partial charge in [0.25, 0.3) is 0 Å². The molecule has 2 aromatic rings. The molecule has 2 aliphatic heterocycles. The normalized spacial score (nSPS) is 27.6. The summed E-state index contributed by atoms with van der Waals surface area (Å²) < 4.78 is 35.4. The van der Waals surface area contributed by atoms with Crippen molar-refractivity contribution in [2.45, 2.75) is 128 Å². The van der Waals surface area contributed by atoms with Crippen molar-refractivity contribution >= 4 is 11.9 Å². The highest BCUT2D eigenvalue weighted by molar-refractivity contribution is 5.78. The van der Waals surface area contributed by atoms with E-state index >= 15 is 0 Å². The Labute approximate surface area is 347 Å². The molecular formula is C48H68N2O8. The van der Waals surface area contributed by atoms with Crippen LogP contribution in [0.5, 0.6) is 23.0 Å². The van der Waals surface area contributed by atoms with Gasteiger partial charge in [-0.2, -0.15) is 0 Å². The fraction of sp³-hybridized carbons (Fsp3) is 0.625. The van der Waals surface area contributed by atoms with E-state index in [1.165, 1.54) is 5.56 Å². The Hall–Kier alpha value is -4.02. The summed E-state index contributed by atoms with van der Waals surface area (Å²) in [7, 11) is 11.0. The first kappa shape index (κ1) is 43.6. The molecule has 6 rings (SSSR count). The Morgan fingerprint density at radius 1 is 0.741 bits per heavy atom. The number of hydrogen-bond donors (Lipinski definition) is 0. The average Bonchev–Trinajstić information content (AvgIpc) is 3.73. The molecule has 0 bridgehead atoms. The second-order valence-corrected chi connectivity index (χ2v) is 18.2. The van der Waals surface area contributed by atoms with Crippen molar-refractivity contribution in [3.63, 3.8) is 0 Å². The predicted molar refractivity (Wildman–Crippen MR) is 227 cm³/mol. The van der Waals surface area contributed by atoms with Crippen LogP contribution < -0.4 is 18.9 Å². The van der Waals surface area contributed by atoms with Gasteiger partial charge in [-0.25, -0.2) is 0 Å². The molecule has 0 saturated carbocycles. The molecule has 10 heteroatoms. The molecule has 7 unspecified atom stereocenters. The van der Waals surface area contributed by atoms with E-state index in [0.717, 1.165) is 67.9 Å². The van der Waals surface area contributed by atoms with Crippen LogP contribution in [0.4, 0.5) is 0 Å². The van der Waals surface area contributed by atoms with E-state index in [0.29, 0.717) is 36.5 Å². The van der Waals surface area contributed by atoms with Crippen molar-refractivity contribution in [1.82, 2.24) is 9.80 Å². The Balaban J connectivity index is 1.29. The minimum Gasteiger partial charge on any atom is -0.493 e. The van der Waals surface area contributed by atoms with Crippen LogP contribution >= 0.6 is 0 Å². The van der Waals surface area contributed by atoms with E-state index in [4.69, 9.17) is 28.4 Å². The number of benzene rings is 2. The first-order valence-corrected chi connectivity index (χ1v) is 21.3. The van der Waals surface area contributed by atoms with Gasteiger partial charge in [0, 0.05) is 41.8 Å². The topological polar surface area (TPSA) is 96.0 Å². The van der Waals surface area contributed by atoms with Crippen molar-refractivity contribution in [2.75, 3.05) is 49.1 Å². The number of likely N-dealkylation sites (tertiary alicyclic amines) is 2. The summed E-state index contributed by atoms with van der Waals surface area (Å²) in [5.74, 6) is 3.84. The van der Waals surface area contributed by atoms with Gasteiger partial charge in [0.15, 0.2) is 23.0 Å². The number of ether oxygens (including phenoxy) is 6. The third-order valence-corrected chi connectivity index (χ3v) is 15.0. The van der Waals surface area contributed by atoms with E-state index < -0.39 is 10.8 Å². The van der Waals surface area contributed by atoms with E-state index in [9.17, 15) is 9.59 Å². The molecule has 0 amide bonds. The van der Waals surface area contributed by atoms with Gasteiger partial charge in [-0.1, -0.05) is 39.3 Å². The van der Waals surface area contributed by atoms with Gasteiger partial charge in [-0.3, -0.25) is 19.4 Å². The van der Waals surface area contributed by atoms with Gasteiger partial charge in [0.1, 0.15) is 11.5 Å². The minimum absolute atomic E-state index is 0.0254. The number of fused-ring (bicyclic) bond motifs is 2. The zero-order valence-electron chi connectivity index (χ0n) is 37.2. The smallest absolute Gasteiger partial charge is 0.317 e. The van der Waals surface area contributed by atoms with Crippen molar-refractivity contribution < 1.29 is 38.0 Å². The highest BCUT2D eigenvalue weighted by Crippen LogP contribution is 2.55. The van der Waals surface area contributed by atoms with Crippen LogP contribution in [0.2, 0.25) is 0 Å². The zero-order valence-corrected chi connectivity index (χ0v) is 37.2. The van der Waals surface area contributed by atoms with Gasteiger partial charge < -0.3 is 28.4 Å². The maximum atomic E-state index is 14.7. The SMILES string of the molecule is CCCC(C)(C)C(=O)OC1=CC2N(C)C(C(C)C(C)(CC)C(=O)OC3=CC4N(C)CCC4(c4ccc(OC)c(OC)c4)CC3)CC2(c2ccc(OC)c(OC)c2)CC1. The average molecular weight is 801 g/mol. The number of hydrogen-bond acceptors (Lipinski definition) is 10. The second kappa shape index (κ2) is 16.9. The maximum Gasteiger partial charge on any atom is 0.317 e. The molecule has 0 aromatic heterocycles. The number of nitrogens with zero attached hydrogens (tertiary/aromatic N) is 2. The van der Waals surface area contributed by atoms with E-state index in [2.05, 4.69) is 88.0 Å².